The highest BCUT2D eigenvalue weighted by Crippen LogP contribution is 2.29. The number of rotatable bonds is 5. The van der Waals surface area contributed by atoms with Crippen molar-refractivity contribution in [3.63, 3.8) is 0 Å². The zero-order chi connectivity index (χ0) is 20.5. The van der Waals surface area contributed by atoms with E-state index in [-0.39, 0.29) is 18.1 Å². The van der Waals surface area contributed by atoms with Crippen molar-refractivity contribution in [3.05, 3.63) is 79.2 Å². The van der Waals surface area contributed by atoms with Gasteiger partial charge in [-0.05, 0) is 25.1 Å². The number of aromatic amines is 1. The van der Waals surface area contributed by atoms with Crippen LogP contribution in [-0.2, 0) is 6.54 Å². The van der Waals surface area contributed by atoms with E-state index in [2.05, 4.69) is 15.3 Å². The Labute approximate surface area is 174 Å². The minimum absolute atomic E-state index is 0.0608. The van der Waals surface area contributed by atoms with Crippen molar-refractivity contribution in [3.8, 4) is 11.3 Å². The van der Waals surface area contributed by atoms with Gasteiger partial charge in [-0.25, -0.2) is 4.98 Å². The lowest BCUT2D eigenvalue weighted by Gasteiger charge is -2.02. The SMILES string of the molecule is Cc1sc(CNC(=O)c2c[nH]c3ccc([N+](=O)[O-])cc23)nc1-c1ccc(Cl)cc1. The molecule has 9 heteroatoms. The van der Waals surface area contributed by atoms with Crippen LogP contribution in [0.3, 0.4) is 0 Å². The summed E-state index contributed by atoms with van der Waals surface area (Å²) in [5.74, 6) is -0.322. The lowest BCUT2D eigenvalue weighted by molar-refractivity contribution is -0.384. The summed E-state index contributed by atoms with van der Waals surface area (Å²) in [6.45, 7) is 2.24. The van der Waals surface area contributed by atoms with Gasteiger partial charge < -0.3 is 10.3 Å². The topological polar surface area (TPSA) is 101 Å². The van der Waals surface area contributed by atoms with E-state index in [1.54, 1.807) is 12.3 Å². The molecule has 0 aliphatic carbocycles. The number of aromatic nitrogens is 2. The summed E-state index contributed by atoms with van der Waals surface area (Å²) in [5.41, 5.74) is 2.78. The van der Waals surface area contributed by atoms with Crippen LogP contribution in [0.5, 0.6) is 0 Å². The molecule has 0 bridgehead atoms. The van der Waals surface area contributed by atoms with Crippen LogP contribution < -0.4 is 5.32 Å². The second-order valence-corrected chi connectivity index (χ2v) is 8.12. The van der Waals surface area contributed by atoms with Gasteiger partial charge in [-0.1, -0.05) is 23.7 Å². The van der Waals surface area contributed by atoms with Crippen LogP contribution >= 0.6 is 22.9 Å². The molecule has 2 N–H and O–H groups in total. The van der Waals surface area contributed by atoms with Crippen molar-refractivity contribution in [1.82, 2.24) is 15.3 Å². The Morgan fingerprint density at radius 2 is 2.03 bits per heavy atom. The minimum Gasteiger partial charge on any atom is -0.360 e. The number of nitro groups is 1. The molecule has 0 saturated carbocycles. The van der Waals surface area contributed by atoms with Gasteiger partial charge in [0.1, 0.15) is 5.01 Å². The zero-order valence-corrected chi connectivity index (χ0v) is 16.8. The maximum absolute atomic E-state index is 12.6. The van der Waals surface area contributed by atoms with Gasteiger partial charge in [-0.3, -0.25) is 14.9 Å². The molecule has 4 rings (SSSR count). The molecule has 0 saturated heterocycles. The minimum atomic E-state index is -0.481. The van der Waals surface area contributed by atoms with E-state index < -0.39 is 4.92 Å². The van der Waals surface area contributed by atoms with Gasteiger partial charge in [0.2, 0.25) is 0 Å². The number of halogens is 1. The maximum atomic E-state index is 12.6. The number of benzene rings is 2. The molecule has 0 fully saturated rings. The predicted molar refractivity (Wildman–Crippen MR) is 113 cm³/mol. The monoisotopic (exact) mass is 426 g/mol. The first kappa shape index (κ1) is 19.1. The van der Waals surface area contributed by atoms with Crippen molar-refractivity contribution in [1.29, 1.82) is 0 Å². The summed E-state index contributed by atoms with van der Waals surface area (Å²) >= 11 is 7.45. The van der Waals surface area contributed by atoms with E-state index in [0.717, 1.165) is 21.1 Å². The van der Waals surface area contributed by atoms with Gasteiger partial charge in [0.25, 0.3) is 11.6 Å². The third kappa shape index (κ3) is 3.85. The molecule has 2 aromatic carbocycles. The molecule has 2 aromatic heterocycles. The lowest BCUT2D eigenvalue weighted by Crippen LogP contribution is -2.22. The van der Waals surface area contributed by atoms with E-state index in [0.29, 0.717) is 21.5 Å². The summed E-state index contributed by atoms with van der Waals surface area (Å²) in [7, 11) is 0. The standard InChI is InChI=1S/C20H15ClN4O3S/c1-11-19(12-2-4-13(21)5-3-12)24-18(29-11)10-23-20(26)16-9-22-17-7-6-14(25(27)28)8-15(16)17/h2-9,22H,10H2,1H3,(H,23,26). The molecular weight excluding hydrogens is 412 g/mol. The first-order valence-electron chi connectivity index (χ1n) is 8.68. The Morgan fingerprint density at radius 1 is 1.28 bits per heavy atom. The molecule has 1 amide bonds. The number of nitro benzene ring substituents is 1. The third-order valence-corrected chi connectivity index (χ3v) is 5.70. The number of hydrogen-bond acceptors (Lipinski definition) is 5. The third-order valence-electron chi connectivity index (χ3n) is 4.48. The number of H-pyrrole nitrogens is 1. The fourth-order valence-corrected chi connectivity index (χ4v) is 4.08. The number of fused-ring (bicyclic) bond motifs is 1. The fourth-order valence-electron chi connectivity index (χ4n) is 3.06. The second kappa shape index (κ2) is 7.65. The number of non-ortho nitro benzene ring substituents is 1. The number of thiazole rings is 1. The zero-order valence-electron chi connectivity index (χ0n) is 15.2. The van der Waals surface area contributed by atoms with Crippen LogP contribution in [0, 0.1) is 17.0 Å². The van der Waals surface area contributed by atoms with Crippen molar-refractivity contribution in [2.75, 3.05) is 0 Å². The largest absolute Gasteiger partial charge is 0.360 e. The van der Waals surface area contributed by atoms with Gasteiger partial charge in [-0.2, -0.15) is 0 Å². The molecule has 0 radical (unpaired) electrons. The van der Waals surface area contributed by atoms with Crippen molar-refractivity contribution >= 4 is 45.4 Å². The fraction of sp³-hybridized carbons (Fsp3) is 0.100. The summed E-state index contributed by atoms with van der Waals surface area (Å²) in [4.78, 5) is 31.8. The Kier molecular flexibility index (Phi) is 5.04. The summed E-state index contributed by atoms with van der Waals surface area (Å²) in [5, 5.41) is 15.8. The van der Waals surface area contributed by atoms with E-state index in [1.807, 2.05) is 31.2 Å². The summed E-state index contributed by atoms with van der Waals surface area (Å²) in [6, 6.07) is 11.8. The van der Waals surface area contributed by atoms with E-state index in [4.69, 9.17) is 11.6 Å². The number of carbonyl (C=O) groups excluding carboxylic acids is 1. The predicted octanol–water partition coefficient (Wildman–Crippen LogP) is 5.09. The van der Waals surface area contributed by atoms with E-state index >= 15 is 0 Å². The average Bonchev–Trinajstić information content (AvgIpc) is 3.29. The molecule has 0 aliphatic heterocycles. The van der Waals surface area contributed by atoms with Crippen LogP contribution in [0.15, 0.2) is 48.7 Å². The first-order valence-corrected chi connectivity index (χ1v) is 9.88. The molecule has 7 nitrogen and oxygen atoms in total. The maximum Gasteiger partial charge on any atom is 0.270 e. The number of amides is 1. The number of nitrogens with one attached hydrogen (secondary N) is 2. The number of carbonyl (C=O) groups is 1. The molecule has 29 heavy (non-hydrogen) atoms. The molecule has 0 unspecified atom stereocenters. The van der Waals surface area contributed by atoms with Gasteiger partial charge in [0.05, 0.1) is 22.7 Å². The highest BCUT2D eigenvalue weighted by atomic mass is 35.5. The highest BCUT2D eigenvalue weighted by molar-refractivity contribution is 7.12. The lowest BCUT2D eigenvalue weighted by atomic mass is 10.1. The smallest absolute Gasteiger partial charge is 0.270 e. The van der Waals surface area contributed by atoms with Crippen molar-refractivity contribution in [2.45, 2.75) is 13.5 Å². The molecule has 0 spiro atoms. The second-order valence-electron chi connectivity index (χ2n) is 6.39. The van der Waals surface area contributed by atoms with Crippen molar-refractivity contribution in [2.24, 2.45) is 0 Å². The Morgan fingerprint density at radius 3 is 2.76 bits per heavy atom. The molecule has 0 atom stereocenters. The summed E-state index contributed by atoms with van der Waals surface area (Å²) < 4.78 is 0. The highest BCUT2D eigenvalue weighted by Gasteiger charge is 2.16. The van der Waals surface area contributed by atoms with Crippen LogP contribution in [0.2, 0.25) is 5.02 Å². The number of hydrogen-bond donors (Lipinski definition) is 2. The van der Waals surface area contributed by atoms with Gasteiger partial charge in [-0.15, -0.1) is 11.3 Å². The van der Waals surface area contributed by atoms with E-state index in [9.17, 15) is 14.9 Å². The first-order chi connectivity index (χ1) is 13.9. The molecule has 0 aliphatic rings. The molecule has 146 valence electrons. The Balaban J connectivity index is 1.52. The quantitative estimate of drug-likeness (QED) is 0.342. The van der Waals surface area contributed by atoms with Crippen LogP contribution in [0.1, 0.15) is 20.2 Å². The summed E-state index contributed by atoms with van der Waals surface area (Å²) in [6.07, 6.45) is 1.55. The molecule has 2 heterocycles. The molecule has 4 aromatic rings. The Bertz CT molecular complexity index is 1230. The number of nitrogens with zero attached hydrogens (tertiary/aromatic N) is 2. The Hall–Kier alpha value is -3.23. The van der Waals surface area contributed by atoms with E-state index in [1.165, 1.54) is 23.5 Å². The van der Waals surface area contributed by atoms with Crippen LogP contribution in [0.4, 0.5) is 5.69 Å². The molecular formula is C20H15ClN4O3S. The normalized spacial score (nSPS) is 11.0. The average molecular weight is 427 g/mol. The number of aryl methyl sites for hydroxylation is 1. The van der Waals surface area contributed by atoms with Crippen molar-refractivity contribution < 1.29 is 9.72 Å². The van der Waals surface area contributed by atoms with Gasteiger partial charge in [0, 0.05) is 44.7 Å². The van der Waals surface area contributed by atoms with Crippen LogP contribution in [0.25, 0.3) is 22.2 Å². The van der Waals surface area contributed by atoms with Crippen LogP contribution in [-0.4, -0.2) is 20.8 Å². The van der Waals surface area contributed by atoms with Gasteiger partial charge in [0.15, 0.2) is 0 Å². The van der Waals surface area contributed by atoms with Gasteiger partial charge >= 0.3 is 0 Å².